The molecule has 0 aromatic heterocycles. The molecule has 0 spiro atoms. The number of para-hydroxylation sites is 1. The lowest BCUT2D eigenvalue weighted by atomic mass is 9.90. The first-order chi connectivity index (χ1) is 18.5. The Bertz CT molecular complexity index is 1620. The number of carbonyl (C=O) groups is 4. The maximum Gasteiger partial charge on any atom is 0.281 e. The Morgan fingerprint density at radius 1 is 0.658 bits per heavy atom. The highest BCUT2D eigenvalue weighted by molar-refractivity contribution is 6.27. The predicted octanol–water partition coefficient (Wildman–Crippen LogP) is 3.60. The van der Waals surface area contributed by atoms with Crippen LogP contribution in [0.25, 0.3) is 10.8 Å². The number of phenols is 1. The zero-order chi connectivity index (χ0) is 26.1. The topological polar surface area (TPSA) is 107 Å². The van der Waals surface area contributed by atoms with Gasteiger partial charge in [-0.2, -0.15) is 10.0 Å². The number of amides is 4. The van der Waals surface area contributed by atoms with Crippen molar-refractivity contribution in [1.82, 2.24) is 10.0 Å². The quantitative estimate of drug-likeness (QED) is 0.424. The number of imide groups is 2. The molecule has 0 aliphatic carbocycles. The van der Waals surface area contributed by atoms with Gasteiger partial charge in [0, 0.05) is 5.39 Å². The van der Waals surface area contributed by atoms with E-state index in [4.69, 9.17) is 4.84 Å². The van der Waals surface area contributed by atoms with E-state index in [1.54, 1.807) is 72.8 Å². The first-order valence-electron chi connectivity index (χ1n) is 12.0. The molecule has 4 aromatic carbocycles. The molecule has 9 nitrogen and oxygen atoms in total. The van der Waals surface area contributed by atoms with Gasteiger partial charge in [-0.05, 0) is 47.3 Å². The fourth-order valence-corrected chi connectivity index (χ4v) is 5.61. The van der Waals surface area contributed by atoms with Crippen LogP contribution >= 0.6 is 0 Å². The van der Waals surface area contributed by atoms with Gasteiger partial charge < -0.3 is 5.11 Å². The maximum absolute atomic E-state index is 14.0. The Balaban J connectivity index is 1.32. The van der Waals surface area contributed by atoms with Gasteiger partial charge in [0.1, 0.15) is 11.7 Å². The second-order valence-electron chi connectivity index (χ2n) is 9.37. The number of nitrogens with zero attached hydrogens (tertiary/aromatic N) is 3. The average Bonchev–Trinajstić information content (AvgIpc) is 3.44. The van der Waals surface area contributed by atoms with E-state index in [9.17, 15) is 24.3 Å². The fraction of sp³-hybridized carbons (Fsp3) is 0.103. The molecule has 38 heavy (non-hydrogen) atoms. The maximum atomic E-state index is 14.0. The SMILES string of the molecule is O=C1c2cccc3cccc(c23)C(=O)N1N1C(=O)[C@H]2[C@H](ON(c3ccccc3)[C@@H]2c2ccc(O)cc2)C1=O. The van der Waals surface area contributed by atoms with Gasteiger partial charge in [0.15, 0.2) is 6.10 Å². The van der Waals surface area contributed by atoms with Crippen molar-refractivity contribution in [3.63, 3.8) is 0 Å². The predicted molar refractivity (Wildman–Crippen MR) is 134 cm³/mol. The van der Waals surface area contributed by atoms with Crippen molar-refractivity contribution in [2.75, 3.05) is 5.06 Å². The highest BCUT2D eigenvalue weighted by atomic mass is 16.7. The van der Waals surface area contributed by atoms with E-state index in [1.165, 1.54) is 17.2 Å². The van der Waals surface area contributed by atoms with Crippen molar-refractivity contribution in [3.8, 4) is 5.75 Å². The molecule has 0 saturated carbocycles. The normalized spacial score (nSPS) is 22.5. The standard InChI is InChI=1S/C29H19N3O6/c33-19-14-12-17(13-15-19)24-23-25(38-32(24)18-8-2-1-3-9-18)29(37)31(28(23)36)30-26(34)20-10-4-6-16-7-5-11-21(22(16)20)27(30)35/h1-15,23-25,33H/t23-,24-,25+/m1/s1. The Kier molecular flexibility index (Phi) is 4.67. The van der Waals surface area contributed by atoms with E-state index in [1.807, 2.05) is 6.07 Å². The third kappa shape index (κ3) is 2.96. The molecule has 1 N–H and O–H groups in total. The minimum Gasteiger partial charge on any atom is -0.508 e. The molecule has 186 valence electrons. The molecule has 3 heterocycles. The summed E-state index contributed by atoms with van der Waals surface area (Å²) in [6.07, 6.45) is -1.25. The van der Waals surface area contributed by atoms with Crippen LogP contribution in [0.4, 0.5) is 5.69 Å². The second-order valence-corrected chi connectivity index (χ2v) is 9.37. The lowest BCUT2D eigenvalue weighted by Gasteiger charge is -2.34. The van der Waals surface area contributed by atoms with Crippen molar-refractivity contribution in [2.24, 2.45) is 5.92 Å². The van der Waals surface area contributed by atoms with E-state index in [0.717, 1.165) is 0 Å². The van der Waals surface area contributed by atoms with Gasteiger partial charge in [0.25, 0.3) is 23.6 Å². The van der Waals surface area contributed by atoms with Crippen LogP contribution in [0.5, 0.6) is 5.75 Å². The Morgan fingerprint density at radius 2 is 1.29 bits per heavy atom. The molecule has 4 aromatic rings. The van der Waals surface area contributed by atoms with Crippen LogP contribution in [0.15, 0.2) is 91.0 Å². The van der Waals surface area contributed by atoms with Crippen molar-refractivity contribution < 1.29 is 29.1 Å². The summed E-state index contributed by atoms with van der Waals surface area (Å²) < 4.78 is 0. The van der Waals surface area contributed by atoms with E-state index in [-0.39, 0.29) is 16.9 Å². The molecular formula is C29H19N3O6. The molecule has 4 amide bonds. The van der Waals surface area contributed by atoms with Gasteiger partial charge in [-0.15, -0.1) is 0 Å². The van der Waals surface area contributed by atoms with Crippen LogP contribution in [0.3, 0.4) is 0 Å². The molecular weight excluding hydrogens is 486 g/mol. The molecule has 2 fully saturated rings. The first-order valence-corrected chi connectivity index (χ1v) is 12.0. The number of aromatic hydroxyl groups is 1. The van der Waals surface area contributed by atoms with Gasteiger partial charge >= 0.3 is 0 Å². The van der Waals surface area contributed by atoms with Crippen molar-refractivity contribution in [3.05, 3.63) is 108 Å². The number of rotatable bonds is 3. The number of hydroxylamine groups is 1. The highest BCUT2D eigenvalue weighted by Crippen LogP contribution is 2.47. The van der Waals surface area contributed by atoms with Crippen LogP contribution in [-0.4, -0.2) is 44.9 Å². The summed E-state index contributed by atoms with van der Waals surface area (Å²) in [5.41, 5.74) is 1.71. The van der Waals surface area contributed by atoms with Gasteiger partial charge in [0.2, 0.25) is 0 Å². The number of fused-ring (bicyclic) bond motifs is 1. The summed E-state index contributed by atoms with van der Waals surface area (Å²) in [4.78, 5) is 60.9. The fourth-order valence-electron chi connectivity index (χ4n) is 5.61. The lowest BCUT2D eigenvalue weighted by molar-refractivity contribution is -0.154. The molecule has 0 bridgehead atoms. The molecule has 7 rings (SSSR count). The zero-order valence-corrected chi connectivity index (χ0v) is 19.7. The number of hydrogen-bond donors (Lipinski definition) is 1. The van der Waals surface area contributed by atoms with Gasteiger partial charge in [-0.1, -0.05) is 54.6 Å². The minimum absolute atomic E-state index is 0.0447. The number of anilines is 1. The van der Waals surface area contributed by atoms with E-state index >= 15 is 0 Å². The summed E-state index contributed by atoms with van der Waals surface area (Å²) >= 11 is 0. The van der Waals surface area contributed by atoms with Crippen LogP contribution in [0.1, 0.15) is 32.3 Å². The first kappa shape index (κ1) is 22.2. The van der Waals surface area contributed by atoms with Gasteiger partial charge in [0.05, 0.1) is 22.9 Å². The Labute approximate surface area is 216 Å². The van der Waals surface area contributed by atoms with Crippen molar-refractivity contribution in [2.45, 2.75) is 12.1 Å². The third-order valence-corrected chi connectivity index (χ3v) is 7.29. The number of carbonyl (C=O) groups excluding carboxylic acids is 4. The zero-order valence-electron chi connectivity index (χ0n) is 19.7. The van der Waals surface area contributed by atoms with Gasteiger partial charge in [-0.25, -0.2) is 5.06 Å². The van der Waals surface area contributed by atoms with E-state index in [0.29, 0.717) is 32.0 Å². The van der Waals surface area contributed by atoms with Crippen LogP contribution in [0.2, 0.25) is 0 Å². The molecule has 3 atom stereocenters. The monoisotopic (exact) mass is 505 g/mol. The summed E-state index contributed by atoms with van der Waals surface area (Å²) in [6.45, 7) is 0. The summed E-state index contributed by atoms with van der Waals surface area (Å²) in [5, 5.41) is 13.8. The molecule has 0 radical (unpaired) electrons. The molecule has 2 saturated heterocycles. The smallest absolute Gasteiger partial charge is 0.281 e. The number of benzene rings is 4. The highest BCUT2D eigenvalue weighted by Gasteiger charge is 2.63. The molecule has 3 aliphatic rings. The van der Waals surface area contributed by atoms with Gasteiger partial charge in [-0.3, -0.25) is 24.0 Å². The minimum atomic E-state index is -1.25. The summed E-state index contributed by atoms with van der Waals surface area (Å²) in [7, 11) is 0. The lowest BCUT2D eigenvalue weighted by Crippen LogP contribution is -2.55. The second kappa shape index (κ2) is 7.99. The largest absolute Gasteiger partial charge is 0.508 e. The number of phenolic OH excluding ortho intramolecular Hbond substituents is 1. The van der Waals surface area contributed by atoms with Crippen molar-refractivity contribution in [1.29, 1.82) is 0 Å². The van der Waals surface area contributed by atoms with Crippen LogP contribution in [-0.2, 0) is 14.4 Å². The number of hydrazine groups is 1. The number of hydrogen-bond acceptors (Lipinski definition) is 7. The molecule has 9 heteroatoms. The molecule has 3 aliphatic heterocycles. The summed E-state index contributed by atoms with van der Waals surface area (Å²) in [6, 6.07) is 24.7. The molecule has 0 unspecified atom stereocenters. The van der Waals surface area contributed by atoms with Crippen LogP contribution < -0.4 is 5.06 Å². The Morgan fingerprint density at radius 3 is 1.92 bits per heavy atom. The Hall–Kier alpha value is -5.02. The van der Waals surface area contributed by atoms with E-state index < -0.39 is 41.7 Å². The third-order valence-electron chi connectivity index (χ3n) is 7.29. The van der Waals surface area contributed by atoms with Crippen LogP contribution in [0, 0.1) is 5.92 Å². The van der Waals surface area contributed by atoms with Crippen molar-refractivity contribution >= 4 is 40.1 Å². The van der Waals surface area contributed by atoms with E-state index in [2.05, 4.69) is 0 Å². The average molecular weight is 505 g/mol. The summed E-state index contributed by atoms with van der Waals surface area (Å²) in [5.74, 6) is -4.01.